The summed E-state index contributed by atoms with van der Waals surface area (Å²) in [5, 5.41) is 21.1. The first-order chi connectivity index (χ1) is 8.14. The van der Waals surface area contributed by atoms with E-state index in [9.17, 15) is 10.2 Å². The molecule has 3 rings (SSSR count). The maximum absolute atomic E-state index is 10.8. The Labute approximate surface area is 105 Å². The normalized spacial score (nSPS) is 33.8. The number of aliphatic hydroxyl groups is 2. The summed E-state index contributed by atoms with van der Waals surface area (Å²) in [6.45, 7) is 0. The molecule has 1 aliphatic carbocycles. The van der Waals surface area contributed by atoms with Crippen LogP contribution in [0.1, 0.15) is 18.4 Å². The number of benzene rings is 1. The second-order valence-electron chi connectivity index (χ2n) is 4.60. The summed E-state index contributed by atoms with van der Waals surface area (Å²) >= 11 is 6.12. The Morgan fingerprint density at radius 1 is 1.24 bits per heavy atom. The Bertz CT molecular complexity index is 458. The molecule has 1 heterocycles. The Morgan fingerprint density at radius 2 is 1.88 bits per heavy atom. The number of hydrogen-bond acceptors (Lipinski definition) is 3. The number of aliphatic hydroxyl groups excluding tert-OH is 1. The highest BCUT2D eigenvalue weighted by molar-refractivity contribution is 6.30. The Hall–Kier alpha value is -0.870. The SMILES string of the molecule is OC1C=C(Cl)C(O)(c2ccccc2)N1C1CC1. The quantitative estimate of drug-likeness (QED) is 0.842. The lowest BCUT2D eigenvalue weighted by Crippen LogP contribution is -2.48. The minimum atomic E-state index is -1.37. The topological polar surface area (TPSA) is 43.7 Å². The Balaban J connectivity index is 2.06. The summed E-state index contributed by atoms with van der Waals surface area (Å²) in [5.74, 6) is 0. The fourth-order valence-electron chi connectivity index (χ4n) is 2.43. The van der Waals surface area contributed by atoms with Crippen molar-refractivity contribution < 1.29 is 10.2 Å². The molecule has 1 aromatic carbocycles. The van der Waals surface area contributed by atoms with Crippen molar-refractivity contribution in [1.29, 1.82) is 0 Å². The number of nitrogens with zero attached hydrogens (tertiary/aromatic N) is 1. The van der Waals surface area contributed by atoms with Gasteiger partial charge in [0.1, 0.15) is 6.23 Å². The molecule has 2 unspecified atom stereocenters. The molecule has 0 aromatic heterocycles. The van der Waals surface area contributed by atoms with E-state index >= 15 is 0 Å². The van der Waals surface area contributed by atoms with E-state index in [0.29, 0.717) is 5.56 Å². The molecule has 2 N–H and O–H groups in total. The van der Waals surface area contributed by atoms with Crippen LogP contribution in [0.5, 0.6) is 0 Å². The van der Waals surface area contributed by atoms with Crippen molar-refractivity contribution in [3.63, 3.8) is 0 Å². The predicted octanol–water partition coefficient (Wildman–Crippen LogP) is 1.75. The van der Waals surface area contributed by atoms with Crippen molar-refractivity contribution in [3.8, 4) is 0 Å². The van der Waals surface area contributed by atoms with E-state index in [1.54, 1.807) is 4.90 Å². The minimum Gasteiger partial charge on any atom is -0.375 e. The van der Waals surface area contributed by atoms with Crippen LogP contribution in [0.3, 0.4) is 0 Å². The maximum Gasteiger partial charge on any atom is 0.184 e. The molecule has 0 spiro atoms. The maximum atomic E-state index is 10.8. The van der Waals surface area contributed by atoms with Gasteiger partial charge in [0, 0.05) is 11.6 Å². The van der Waals surface area contributed by atoms with Crippen molar-refractivity contribution >= 4 is 11.6 Å². The van der Waals surface area contributed by atoms with Crippen LogP contribution in [-0.2, 0) is 5.72 Å². The average Bonchev–Trinajstić information content (AvgIpc) is 3.11. The molecule has 2 aliphatic rings. The van der Waals surface area contributed by atoms with E-state index in [2.05, 4.69) is 0 Å². The van der Waals surface area contributed by atoms with Gasteiger partial charge in [-0.25, -0.2) is 4.90 Å². The zero-order valence-corrected chi connectivity index (χ0v) is 10.0. The van der Waals surface area contributed by atoms with Gasteiger partial charge in [0.05, 0.1) is 5.03 Å². The third kappa shape index (κ3) is 1.62. The lowest BCUT2D eigenvalue weighted by Gasteiger charge is -2.36. The van der Waals surface area contributed by atoms with Crippen molar-refractivity contribution in [2.24, 2.45) is 0 Å². The fourth-order valence-corrected chi connectivity index (χ4v) is 2.75. The van der Waals surface area contributed by atoms with Crippen LogP contribution < -0.4 is 0 Å². The van der Waals surface area contributed by atoms with Crippen molar-refractivity contribution in [2.45, 2.75) is 30.8 Å². The first-order valence-electron chi connectivity index (χ1n) is 5.76. The number of hydrogen-bond donors (Lipinski definition) is 2. The van der Waals surface area contributed by atoms with E-state index in [-0.39, 0.29) is 11.1 Å². The largest absolute Gasteiger partial charge is 0.375 e. The molecule has 0 bridgehead atoms. The van der Waals surface area contributed by atoms with Gasteiger partial charge in [0.25, 0.3) is 0 Å². The monoisotopic (exact) mass is 251 g/mol. The molecule has 1 aliphatic heterocycles. The van der Waals surface area contributed by atoms with Gasteiger partial charge in [0.15, 0.2) is 5.72 Å². The molecule has 17 heavy (non-hydrogen) atoms. The van der Waals surface area contributed by atoms with Crippen LogP contribution in [-0.4, -0.2) is 27.4 Å². The number of rotatable bonds is 2. The van der Waals surface area contributed by atoms with Gasteiger partial charge in [-0.15, -0.1) is 0 Å². The van der Waals surface area contributed by atoms with Crippen LogP contribution in [0, 0.1) is 0 Å². The van der Waals surface area contributed by atoms with Crippen LogP contribution in [0.15, 0.2) is 41.4 Å². The molecule has 2 atom stereocenters. The highest BCUT2D eigenvalue weighted by Crippen LogP contribution is 2.47. The molecular weight excluding hydrogens is 238 g/mol. The summed E-state index contributed by atoms with van der Waals surface area (Å²) < 4.78 is 0. The van der Waals surface area contributed by atoms with Crippen LogP contribution in [0.2, 0.25) is 0 Å². The summed E-state index contributed by atoms with van der Waals surface area (Å²) in [5.41, 5.74) is -0.673. The molecular formula is C13H14ClNO2. The van der Waals surface area contributed by atoms with Gasteiger partial charge < -0.3 is 10.2 Å². The zero-order chi connectivity index (χ0) is 12.0. The third-order valence-corrected chi connectivity index (χ3v) is 3.79. The molecule has 0 saturated heterocycles. The second kappa shape index (κ2) is 3.82. The van der Waals surface area contributed by atoms with E-state index in [0.717, 1.165) is 12.8 Å². The second-order valence-corrected chi connectivity index (χ2v) is 5.01. The molecule has 1 saturated carbocycles. The molecule has 3 nitrogen and oxygen atoms in total. The highest BCUT2D eigenvalue weighted by Gasteiger charge is 2.53. The summed E-state index contributed by atoms with van der Waals surface area (Å²) in [6, 6.07) is 9.45. The molecule has 0 radical (unpaired) electrons. The van der Waals surface area contributed by atoms with Crippen LogP contribution in [0.4, 0.5) is 0 Å². The van der Waals surface area contributed by atoms with Crippen LogP contribution in [0.25, 0.3) is 0 Å². The van der Waals surface area contributed by atoms with Crippen LogP contribution >= 0.6 is 11.6 Å². The van der Waals surface area contributed by atoms with Gasteiger partial charge >= 0.3 is 0 Å². The standard InChI is InChI=1S/C13H14ClNO2/c14-11-8-12(16)15(10-6-7-10)13(11,17)9-4-2-1-3-5-9/h1-5,8,10,12,16-17H,6-7H2. The Kier molecular flexibility index (Phi) is 2.52. The fraction of sp³-hybridized carbons (Fsp3) is 0.385. The van der Waals surface area contributed by atoms with E-state index in [1.807, 2.05) is 30.3 Å². The first kappa shape index (κ1) is 11.2. The molecule has 0 amide bonds. The molecule has 90 valence electrons. The van der Waals surface area contributed by atoms with Gasteiger partial charge in [-0.05, 0) is 18.9 Å². The van der Waals surface area contributed by atoms with Crippen molar-refractivity contribution in [3.05, 3.63) is 47.0 Å². The minimum absolute atomic E-state index is 0.211. The average molecular weight is 252 g/mol. The predicted molar refractivity (Wildman–Crippen MR) is 65.1 cm³/mol. The number of halogens is 1. The molecule has 1 aromatic rings. The summed E-state index contributed by atoms with van der Waals surface area (Å²) in [7, 11) is 0. The smallest absolute Gasteiger partial charge is 0.184 e. The van der Waals surface area contributed by atoms with Gasteiger partial charge in [-0.3, -0.25) is 0 Å². The van der Waals surface area contributed by atoms with Gasteiger partial charge in [-0.2, -0.15) is 0 Å². The first-order valence-corrected chi connectivity index (χ1v) is 6.14. The third-order valence-electron chi connectivity index (χ3n) is 3.40. The highest BCUT2D eigenvalue weighted by atomic mass is 35.5. The zero-order valence-electron chi connectivity index (χ0n) is 9.25. The summed E-state index contributed by atoms with van der Waals surface area (Å²) in [4.78, 5) is 1.69. The van der Waals surface area contributed by atoms with Gasteiger partial charge in [0.2, 0.25) is 0 Å². The lowest BCUT2D eigenvalue weighted by atomic mass is 10.0. The van der Waals surface area contributed by atoms with Crippen molar-refractivity contribution in [1.82, 2.24) is 4.90 Å². The van der Waals surface area contributed by atoms with E-state index < -0.39 is 12.0 Å². The lowest BCUT2D eigenvalue weighted by molar-refractivity contribution is -0.129. The molecule has 1 fully saturated rings. The van der Waals surface area contributed by atoms with Crippen molar-refractivity contribution in [2.75, 3.05) is 0 Å². The van der Waals surface area contributed by atoms with Gasteiger partial charge in [-0.1, -0.05) is 41.9 Å². The van der Waals surface area contributed by atoms with E-state index in [4.69, 9.17) is 11.6 Å². The Morgan fingerprint density at radius 3 is 2.47 bits per heavy atom. The molecule has 4 heteroatoms. The van der Waals surface area contributed by atoms with E-state index in [1.165, 1.54) is 6.08 Å². The summed E-state index contributed by atoms with van der Waals surface area (Å²) in [6.07, 6.45) is 2.68.